The van der Waals surface area contributed by atoms with Crippen molar-refractivity contribution in [3.63, 3.8) is 0 Å². The Morgan fingerprint density at radius 2 is 1.76 bits per heavy atom. The number of nitrogens with zero attached hydrogens (tertiary/aromatic N) is 2. The van der Waals surface area contributed by atoms with Crippen LogP contribution in [0.15, 0.2) is 12.4 Å². The topological polar surface area (TPSA) is 99.4 Å². The molecule has 2 rings (SSSR count). The lowest BCUT2D eigenvalue weighted by molar-refractivity contribution is -0.117. The summed E-state index contributed by atoms with van der Waals surface area (Å²) in [5.41, 5.74) is 5.03. The molecule has 1 aliphatic rings. The molecule has 0 aromatic carbocycles. The van der Waals surface area contributed by atoms with Gasteiger partial charge in [-0.25, -0.2) is 9.97 Å². The fraction of sp³-hybridized carbons (Fsp3) is 0.615. The number of aromatic nitrogens is 2. The highest BCUT2D eigenvalue weighted by Crippen LogP contribution is 2.36. The van der Waals surface area contributed by atoms with E-state index >= 15 is 0 Å². The Bertz CT molecular complexity index is 503. The van der Waals surface area contributed by atoms with E-state index in [1.54, 1.807) is 12.4 Å². The van der Waals surface area contributed by atoms with Crippen LogP contribution in [-0.2, 0) is 14.1 Å². The number of anilines is 1. The van der Waals surface area contributed by atoms with E-state index in [4.69, 9.17) is 15.0 Å². The summed E-state index contributed by atoms with van der Waals surface area (Å²) >= 11 is 0. The van der Waals surface area contributed by atoms with Gasteiger partial charge in [-0.3, -0.25) is 4.79 Å². The summed E-state index contributed by atoms with van der Waals surface area (Å²) < 4.78 is 11.8. The van der Waals surface area contributed by atoms with Gasteiger partial charge in [-0.05, 0) is 27.7 Å². The highest BCUT2D eigenvalue weighted by atomic mass is 16.7. The van der Waals surface area contributed by atoms with Crippen LogP contribution in [0.1, 0.15) is 34.1 Å². The molecule has 1 aliphatic heterocycles. The van der Waals surface area contributed by atoms with Crippen LogP contribution in [0.5, 0.6) is 0 Å². The van der Waals surface area contributed by atoms with Crippen molar-refractivity contribution in [2.45, 2.75) is 45.3 Å². The molecule has 1 aromatic heterocycles. The highest BCUT2D eigenvalue weighted by molar-refractivity contribution is 6.61. The maximum absolute atomic E-state index is 10.6. The summed E-state index contributed by atoms with van der Waals surface area (Å²) in [6.07, 6.45) is 3.55. The molecule has 1 aromatic rings. The van der Waals surface area contributed by atoms with Crippen molar-refractivity contribution in [2.24, 2.45) is 5.73 Å². The summed E-state index contributed by atoms with van der Waals surface area (Å²) in [5.74, 6) is 0.0767. The Morgan fingerprint density at radius 1 is 1.24 bits per heavy atom. The van der Waals surface area contributed by atoms with Gasteiger partial charge in [0.05, 0.1) is 11.2 Å². The average Bonchev–Trinajstić information content (AvgIpc) is 2.59. The molecule has 8 heteroatoms. The first-order valence-corrected chi connectivity index (χ1v) is 6.91. The molecule has 0 saturated carbocycles. The monoisotopic (exact) mass is 292 g/mol. The van der Waals surface area contributed by atoms with Crippen molar-refractivity contribution in [1.29, 1.82) is 0 Å². The minimum absolute atomic E-state index is 0.238. The minimum atomic E-state index is -0.477. The van der Waals surface area contributed by atoms with E-state index in [0.717, 1.165) is 5.46 Å². The number of rotatable bonds is 5. The Kier molecular flexibility index (Phi) is 4.20. The lowest BCUT2D eigenvalue weighted by Gasteiger charge is -2.32. The van der Waals surface area contributed by atoms with Gasteiger partial charge in [-0.1, -0.05) is 0 Å². The fourth-order valence-electron chi connectivity index (χ4n) is 1.83. The highest BCUT2D eigenvalue weighted by Gasteiger charge is 2.51. The maximum Gasteiger partial charge on any atom is 0.498 e. The Morgan fingerprint density at radius 3 is 2.24 bits per heavy atom. The van der Waals surface area contributed by atoms with Gasteiger partial charge < -0.3 is 20.4 Å². The first-order chi connectivity index (χ1) is 9.71. The molecule has 3 N–H and O–H groups in total. The number of carbonyl (C=O) groups is 1. The van der Waals surface area contributed by atoms with Gasteiger partial charge in [0.2, 0.25) is 11.9 Å². The van der Waals surface area contributed by atoms with Crippen molar-refractivity contribution >= 4 is 24.4 Å². The second kappa shape index (κ2) is 5.61. The van der Waals surface area contributed by atoms with Gasteiger partial charge in [0.15, 0.2) is 0 Å². The molecule has 0 atom stereocenters. The second-order valence-corrected chi connectivity index (χ2v) is 6.07. The first-order valence-electron chi connectivity index (χ1n) is 6.91. The molecule has 0 aliphatic carbocycles. The van der Waals surface area contributed by atoms with Crippen molar-refractivity contribution in [2.75, 3.05) is 11.9 Å². The molecular formula is C13H21BN4O3. The molecule has 0 spiro atoms. The summed E-state index contributed by atoms with van der Waals surface area (Å²) in [7, 11) is -0.477. The van der Waals surface area contributed by atoms with E-state index in [-0.39, 0.29) is 12.3 Å². The van der Waals surface area contributed by atoms with E-state index < -0.39 is 18.3 Å². The standard InChI is InChI=1S/C13H21BN4O3/c1-12(2)13(3,4)21-14(20-12)9-7-17-11(18-8-9)16-6-5-10(15)19/h7-8H,5-6H2,1-4H3,(H2,15,19)(H,16,17,18). The van der Waals surface area contributed by atoms with Gasteiger partial charge in [-0.2, -0.15) is 0 Å². The van der Waals surface area contributed by atoms with Gasteiger partial charge in [0.25, 0.3) is 0 Å². The number of primary amides is 1. The quantitative estimate of drug-likeness (QED) is 0.745. The van der Waals surface area contributed by atoms with E-state index in [1.807, 2.05) is 27.7 Å². The molecule has 21 heavy (non-hydrogen) atoms. The molecule has 0 bridgehead atoms. The van der Waals surface area contributed by atoms with Gasteiger partial charge >= 0.3 is 7.12 Å². The fourth-order valence-corrected chi connectivity index (χ4v) is 1.83. The smallest absolute Gasteiger partial charge is 0.399 e. The Hall–Kier alpha value is -1.67. The van der Waals surface area contributed by atoms with E-state index in [0.29, 0.717) is 12.5 Å². The zero-order valence-electron chi connectivity index (χ0n) is 12.8. The van der Waals surface area contributed by atoms with E-state index in [9.17, 15) is 4.79 Å². The normalized spacial score (nSPS) is 19.5. The Labute approximate surface area is 124 Å². The molecule has 0 radical (unpaired) electrons. The summed E-state index contributed by atoms with van der Waals surface area (Å²) in [6.45, 7) is 8.38. The largest absolute Gasteiger partial charge is 0.498 e. The van der Waals surface area contributed by atoms with Crippen LogP contribution in [-0.4, -0.2) is 40.7 Å². The minimum Gasteiger partial charge on any atom is -0.399 e. The molecule has 1 saturated heterocycles. The van der Waals surface area contributed by atoms with Crippen molar-refractivity contribution in [3.8, 4) is 0 Å². The number of amides is 1. The predicted octanol–water partition coefficient (Wildman–Crippen LogP) is 0.0631. The van der Waals surface area contributed by atoms with E-state index in [1.165, 1.54) is 0 Å². The van der Waals surface area contributed by atoms with Crippen molar-refractivity contribution in [1.82, 2.24) is 9.97 Å². The number of carbonyl (C=O) groups excluding carboxylic acids is 1. The zero-order valence-corrected chi connectivity index (χ0v) is 12.8. The summed E-state index contributed by atoms with van der Waals surface area (Å²) in [5, 5.41) is 2.92. The van der Waals surface area contributed by atoms with Crippen LogP contribution in [0.25, 0.3) is 0 Å². The van der Waals surface area contributed by atoms with Crippen LogP contribution >= 0.6 is 0 Å². The zero-order chi connectivity index (χ0) is 15.7. The number of hydrogen-bond donors (Lipinski definition) is 2. The van der Waals surface area contributed by atoms with Gasteiger partial charge in [0, 0.05) is 30.8 Å². The molecule has 1 fully saturated rings. The number of hydrogen-bond acceptors (Lipinski definition) is 6. The number of nitrogens with one attached hydrogen (secondary N) is 1. The molecule has 0 unspecified atom stereocenters. The van der Waals surface area contributed by atoms with Crippen LogP contribution in [0.3, 0.4) is 0 Å². The van der Waals surface area contributed by atoms with Crippen molar-refractivity contribution < 1.29 is 14.1 Å². The van der Waals surface area contributed by atoms with Gasteiger partial charge in [-0.15, -0.1) is 0 Å². The lowest BCUT2D eigenvalue weighted by atomic mass is 9.81. The third kappa shape index (κ3) is 3.51. The van der Waals surface area contributed by atoms with Crippen LogP contribution in [0.2, 0.25) is 0 Å². The Balaban J connectivity index is 1.99. The number of nitrogens with two attached hydrogens (primary N) is 1. The SMILES string of the molecule is CC1(C)OB(c2cnc(NCCC(N)=O)nc2)OC1(C)C. The lowest BCUT2D eigenvalue weighted by Crippen LogP contribution is -2.41. The molecular weight excluding hydrogens is 271 g/mol. The van der Waals surface area contributed by atoms with Crippen LogP contribution < -0.4 is 16.5 Å². The third-order valence-electron chi connectivity index (χ3n) is 3.85. The third-order valence-corrected chi connectivity index (χ3v) is 3.85. The molecule has 7 nitrogen and oxygen atoms in total. The molecule has 2 heterocycles. The first kappa shape index (κ1) is 15.7. The summed E-state index contributed by atoms with van der Waals surface area (Å²) in [4.78, 5) is 19.0. The molecule has 1 amide bonds. The predicted molar refractivity (Wildman–Crippen MR) is 80.0 cm³/mol. The maximum atomic E-state index is 10.6. The van der Waals surface area contributed by atoms with E-state index in [2.05, 4.69) is 15.3 Å². The molecule has 114 valence electrons. The van der Waals surface area contributed by atoms with Crippen LogP contribution in [0, 0.1) is 0 Å². The van der Waals surface area contributed by atoms with Gasteiger partial charge in [0.1, 0.15) is 0 Å². The van der Waals surface area contributed by atoms with Crippen molar-refractivity contribution in [3.05, 3.63) is 12.4 Å². The average molecular weight is 292 g/mol. The van der Waals surface area contributed by atoms with Crippen LogP contribution in [0.4, 0.5) is 5.95 Å². The second-order valence-electron chi connectivity index (χ2n) is 6.07. The summed E-state index contributed by atoms with van der Waals surface area (Å²) in [6, 6.07) is 0.